The van der Waals surface area contributed by atoms with Gasteiger partial charge in [0, 0.05) is 6.42 Å². The molecule has 1 saturated heterocycles. The molecule has 2 rings (SSSR count). The lowest BCUT2D eigenvalue weighted by molar-refractivity contribution is -0.185. The van der Waals surface area contributed by atoms with E-state index in [1.807, 2.05) is 0 Å². The van der Waals surface area contributed by atoms with E-state index in [9.17, 15) is 4.79 Å². The maximum Gasteiger partial charge on any atom is 0.184 e. The molecule has 1 aliphatic heterocycles. The lowest BCUT2D eigenvalue weighted by atomic mass is 9.74. The summed E-state index contributed by atoms with van der Waals surface area (Å²) in [6.45, 7) is 6.98. The van der Waals surface area contributed by atoms with E-state index in [1.165, 1.54) is 11.1 Å². The van der Waals surface area contributed by atoms with Gasteiger partial charge >= 0.3 is 0 Å². The van der Waals surface area contributed by atoms with Crippen molar-refractivity contribution in [2.75, 3.05) is 13.2 Å². The fraction of sp³-hybridized carbons (Fsp3) is 0.643. The van der Waals surface area contributed by atoms with Crippen molar-refractivity contribution >= 4 is 5.78 Å². The predicted molar refractivity (Wildman–Crippen MR) is 65.6 cm³/mol. The van der Waals surface area contributed by atoms with Gasteiger partial charge in [-0.05, 0) is 18.8 Å². The van der Waals surface area contributed by atoms with Crippen molar-refractivity contribution in [3.05, 3.63) is 23.3 Å². The van der Waals surface area contributed by atoms with Gasteiger partial charge in [0.15, 0.2) is 12.1 Å². The Balaban J connectivity index is 2.06. The van der Waals surface area contributed by atoms with E-state index in [4.69, 9.17) is 9.47 Å². The molecule has 0 aromatic heterocycles. The zero-order valence-electron chi connectivity index (χ0n) is 10.8. The van der Waals surface area contributed by atoms with Crippen LogP contribution in [0.2, 0.25) is 0 Å². The van der Waals surface area contributed by atoms with Crippen LogP contribution < -0.4 is 0 Å². The number of ketones is 1. The van der Waals surface area contributed by atoms with Crippen molar-refractivity contribution < 1.29 is 14.3 Å². The van der Waals surface area contributed by atoms with Gasteiger partial charge in [-0.3, -0.25) is 4.79 Å². The minimum atomic E-state index is -0.261. The second-order valence-corrected chi connectivity index (χ2v) is 5.45. The summed E-state index contributed by atoms with van der Waals surface area (Å²) in [5, 5.41) is 0. The summed E-state index contributed by atoms with van der Waals surface area (Å²) >= 11 is 0. The molecule has 0 atom stereocenters. The van der Waals surface area contributed by atoms with E-state index < -0.39 is 0 Å². The molecule has 0 aromatic carbocycles. The number of rotatable bonds is 2. The Kier molecular flexibility index (Phi) is 3.50. The largest absolute Gasteiger partial charge is 0.344 e. The molecule has 0 radical (unpaired) electrons. The van der Waals surface area contributed by atoms with Crippen molar-refractivity contribution in [1.82, 2.24) is 0 Å². The third-order valence-corrected chi connectivity index (χ3v) is 3.52. The van der Waals surface area contributed by atoms with Gasteiger partial charge in [0.1, 0.15) is 13.2 Å². The molecule has 0 aromatic rings. The molecule has 1 heterocycles. The van der Waals surface area contributed by atoms with Crippen LogP contribution in [0.3, 0.4) is 0 Å². The van der Waals surface area contributed by atoms with E-state index in [2.05, 4.69) is 32.9 Å². The minimum Gasteiger partial charge on any atom is -0.344 e. The molecule has 0 unspecified atom stereocenters. The second kappa shape index (κ2) is 4.75. The third kappa shape index (κ3) is 2.85. The molecule has 94 valence electrons. The summed E-state index contributed by atoms with van der Waals surface area (Å²) in [4.78, 5) is 11.0. The highest BCUT2D eigenvalue weighted by Crippen LogP contribution is 2.39. The van der Waals surface area contributed by atoms with E-state index in [0.717, 1.165) is 12.8 Å². The lowest BCUT2D eigenvalue weighted by Crippen LogP contribution is -2.34. The summed E-state index contributed by atoms with van der Waals surface area (Å²) in [5.74, 6) is 0.0229. The summed E-state index contributed by atoms with van der Waals surface area (Å²) in [6.07, 6.45) is 5.92. The van der Waals surface area contributed by atoms with Gasteiger partial charge in [-0.2, -0.15) is 0 Å². The molecule has 1 aliphatic carbocycles. The SMILES string of the molecule is CC1=C(CC2OCC(=O)CO2)C(C)(C)CC=C1. The van der Waals surface area contributed by atoms with E-state index in [0.29, 0.717) is 0 Å². The molecule has 0 N–H and O–H groups in total. The number of Topliss-reactive ketones (excluding diaryl/α,β-unsaturated/α-hetero) is 1. The van der Waals surface area contributed by atoms with Crippen molar-refractivity contribution in [3.63, 3.8) is 0 Å². The quantitative estimate of drug-likeness (QED) is 0.739. The average Bonchev–Trinajstić information content (AvgIpc) is 2.26. The summed E-state index contributed by atoms with van der Waals surface area (Å²) in [7, 11) is 0. The van der Waals surface area contributed by atoms with Crippen LogP contribution in [0.4, 0.5) is 0 Å². The predicted octanol–water partition coefficient (Wildman–Crippen LogP) is 2.62. The molecule has 17 heavy (non-hydrogen) atoms. The molecule has 0 spiro atoms. The number of hydrogen-bond donors (Lipinski definition) is 0. The molecule has 0 saturated carbocycles. The highest BCUT2D eigenvalue weighted by molar-refractivity contribution is 5.81. The Morgan fingerprint density at radius 2 is 2.00 bits per heavy atom. The fourth-order valence-electron chi connectivity index (χ4n) is 2.47. The van der Waals surface area contributed by atoms with Crippen LogP contribution in [0.25, 0.3) is 0 Å². The van der Waals surface area contributed by atoms with Gasteiger partial charge in [0.05, 0.1) is 0 Å². The van der Waals surface area contributed by atoms with Crippen molar-refractivity contribution in [2.45, 2.75) is 39.9 Å². The molecule has 1 fully saturated rings. The molecule has 0 bridgehead atoms. The normalized spacial score (nSPS) is 25.5. The van der Waals surface area contributed by atoms with Crippen LogP contribution in [0.15, 0.2) is 23.3 Å². The topological polar surface area (TPSA) is 35.5 Å². The average molecular weight is 236 g/mol. The number of carbonyl (C=O) groups excluding carboxylic acids is 1. The molecule has 2 aliphatic rings. The highest BCUT2D eigenvalue weighted by atomic mass is 16.7. The Hall–Kier alpha value is -0.930. The zero-order chi connectivity index (χ0) is 12.5. The highest BCUT2D eigenvalue weighted by Gasteiger charge is 2.30. The van der Waals surface area contributed by atoms with Gasteiger partial charge in [0.25, 0.3) is 0 Å². The summed E-state index contributed by atoms with van der Waals surface area (Å²) < 4.78 is 10.8. The van der Waals surface area contributed by atoms with Crippen LogP contribution in [0.1, 0.15) is 33.6 Å². The summed E-state index contributed by atoms with van der Waals surface area (Å²) in [6, 6.07) is 0. The van der Waals surface area contributed by atoms with E-state index in [-0.39, 0.29) is 30.7 Å². The Labute approximate surface area is 102 Å². The maximum atomic E-state index is 11.0. The zero-order valence-corrected chi connectivity index (χ0v) is 10.8. The van der Waals surface area contributed by atoms with Crippen LogP contribution in [-0.4, -0.2) is 25.3 Å². The first-order valence-electron chi connectivity index (χ1n) is 6.11. The Morgan fingerprint density at radius 3 is 2.59 bits per heavy atom. The monoisotopic (exact) mass is 236 g/mol. The van der Waals surface area contributed by atoms with Crippen LogP contribution in [0.5, 0.6) is 0 Å². The first kappa shape index (κ1) is 12.5. The van der Waals surface area contributed by atoms with Crippen molar-refractivity contribution in [3.8, 4) is 0 Å². The second-order valence-electron chi connectivity index (χ2n) is 5.45. The van der Waals surface area contributed by atoms with Crippen molar-refractivity contribution in [1.29, 1.82) is 0 Å². The minimum absolute atomic E-state index is 0.0229. The van der Waals surface area contributed by atoms with Gasteiger partial charge in [-0.15, -0.1) is 0 Å². The summed E-state index contributed by atoms with van der Waals surface area (Å²) in [5.41, 5.74) is 2.83. The van der Waals surface area contributed by atoms with Gasteiger partial charge in [0.2, 0.25) is 0 Å². The number of allylic oxidation sites excluding steroid dienone is 3. The Bertz CT molecular complexity index is 367. The van der Waals surface area contributed by atoms with Crippen molar-refractivity contribution in [2.24, 2.45) is 5.41 Å². The van der Waals surface area contributed by atoms with Crippen LogP contribution in [-0.2, 0) is 14.3 Å². The smallest absolute Gasteiger partial charge is 0.184 e. The lowest BCUT2D eigenvalue weighted by Gasteiger charge is -2.34. The van der Waals surface area contributed by atoms with Gasteiger partial charge < -0.3 is 9.47 Å². The standard InChI is InChI=1S/C14H20O3/c1-10-5-4-6-14(2,3)12(10)7-13-16-8-11(15)9-17-13/h4-5,13H,6-9H2,1-3H3. The first-order chi connectivity index (χ1) is 7.99. The molecule has 0 amide bonds. The van der Waals surface area contributed by atoms with Crippen LogP contribution >= 0.6 is 0 Å². The van der Waals surface area contributed by atoms with Gasteiger partial charge in [-0.25, -0.2) is 0 Å². The maximum absolute atomic E-state index is 11.0. The molecule has 3 heteroatoms. The number of ether oxygens (including phenoxy) is 2. The molecule has 3 nitrogen and oxygen atoms in total. The van der Waals surface area contributed by atoms with E-state index >= 15 is 0 Å². The Morgan fingerprint density at radius 1 is 1.35 bits per heavy atom. The molecular weight excluding hydrogens is 216 g/mol. The number of carbonyl (C=O) groups is 1. The third-order valence-electron chi connectivity index (χ3n) is 3.52. The molecular formula is C14H20O3. The van der Waals surface area contributed by atoms with E-state index in [1.54, 1.807) is 0 Å². The number of hydrogen-bond acceptors (Lipinski definition) is 3. The first-order valence-corrected chi connectivity index (χ1v) is 6.11. The van der Waals surface area contributed by atoms with Gasteiger partial charge in [-0.1, -0.05) is 37.1 Å². The fourth-order valence-corrected chi connectivity index (χ4v) is 2.47. The van der Waals surface area contributed by atoms with Crippen LogP contribution in [0, 0.1) is 5.41 Å².